The highest BCUT2D eigenvalue weighted by molar-refractivity contribution is 5.99. The van der Waals surface area contributed by atoms with E-state index in [1.165, 1.54) is 18.2 Å². The molecular weight excluding hydrogens is 426 g/mol. The number of rotatable bonds is 4. The molecule has 3 aromatic rings. The van der Waals surface area contributed by atoms with E-state index < -0.39 is 11.6 Å². The Morgan fingerprint density at radius 2 is 1.82 bits per heavy atom. The number of ether oxygens (including phenoxy) is 1. The fourth-order valence-electron chi connectivity index (χ4n) is 5.13. The maximum Gasteiger partial charge on any atom is 0.253 e. The number of benzene rings is 1. The van der Waals surface area contributed by atoms with Crippen LogP contribution in [-0.4, -0.2) is 42.2 Å². The van der Waals surface area contributed by atoms with E-state index >= 15 is 0 Å². The SMILES string of the molecule is O=C1NCc2nc(-c3c(F)cccc3F)cc(Cc3ccc(N4C[C@H]5COC[C@H]5C4)nc3)c21. The van der Waals surface area contributed by atoms with Gasteiger partial charge < -0.3 is 15.0 Å². The second kappa shape index (κ2) is 7.88. The van der Waals surface area contributed by atoms with Crippen LogP contribution in [0.4, 0.5) is 14.6 Å². The summed E-state index contributed by atoms with van der Waals surface area (Å²) in [4.78, 5) is 23.8. The Morgan fingerprint density at radius 1 is 1.06 bits per heavy atom. The van der Waals surface area contributed by atoms with Crippen molar-refractivity contribution in [3.8, 4) is 11.3 Å². The van der Waals surface area contributed by atoms with E-state index in [4.69, 9.17) is 4.74 Å². The predicted molar refractivity (Wildman–Crippen MR) is 118 cm³/mol. The summed E-state index contributed by atoms with van der Waals surface area (Å²) in [6.07, 6.45) is 2.22. The van der Waals surface area contributed by atoms with Crippen molar-refractivity contribution in [1.82, 2.24) is 15.3 Å². The number of pyridine rings is 2. The monoisotopic (exact) mass is 448 g/mol. The zero-order valence-corrected chi connectivity index (χ0v) is 17.9. The highest BCUT2D eigenvalue weighted by atomic mass is 19.1. The molecule has 1 amide bonds. The second-order valence-corrected chi connectivity index (χ2v) is 8.93. The minimum absolute atomic E-state index is 0.182. The van der Waals surface area contributed by atoms with Crippen LogP contribution in [0.2, 0.25) is 0 Å². The number of amides is 1. The molecule has 8 heteroatoms. The van der Waals surface area contributed by atoms with Crippen molar-refractivity contribution in [1.29, 1.82) is 0 Å². The van der Waals surface area contributed by atoms with Gasteiger partial charge in [0.25, 0.3) is 5.91 Å². The van der Waals surface area contributed by atoms with Crippen molar-refractivity contribution in [2.45, 2.75) is 13.0 Å². The first-order chi connectivity index (χ1) is 16.1. The van der Waals surface area contributed by atoms with Crippen LogP contribution in [0.25, 0.3) is 11.3 Å². The molecule has 6 nitrogen and oxygen atoms in total. The molecule has 3 aliphatic rings. The molecule has 0 saturated carbocycles. The fraction of sp³-hybridized carbons (Fsp3) is 0.320. The number of fused-ring (bicyclic) bond motifs is 2. The molecule has 2 fully saturated rings. The van der Waals surface area contributed by atoms with Crippen molar-refractivity contribution in [3.63, 3.8) is 0 Å². The average molecular weight is 448 g/mol. The molecular formula is C25H22F2N4O2. The van der Waals surface area contributed by atoms with Gasteiger partial charge in [-0.2, -0.15) is 0 Å². The summed E-state index contributed by atoms with van der Waals surface area (Å²) in [5.74, 6) is 0.488. The van der Waals surface area contributed by atoms with Gasteiger partial charge in [-0.1, -0.05) is 12.1 Å². The summed E-state index contributed by atoms with van der Waals surface area (Å²) < 4.78 is 34.4. The number of nitrogens with one attached hydrogen (secondary N) is 1. The Morgan fingerprint density at radius 3 is 2.52 bits per heavy atom. The zero-order chi connectivity index (χ0) is 22.5. The highest BCUT2D eigenvalue weighted by Crippen LogP contribution is 2.33. The molecule has 2 aromatic heterocycles. The Kier molecular flexibility index (Phi) is 4.83. The van der Waals surface area contributed by atoms with E-state index in [1.807, 2.05) is 18.3 Å². The quantitative estimate of drug-likeness (QED) is 0.663. The number of aromatic nitrogens is 2. The molecule has 2 atom stereocenters. The summed E-state index contributed by atoms with van der Waals surface area (Å²) in [6, 6.07) is 9.34. The van der Waals surface area contributed by atoms with Crippen LogP contribution in [0.3, 0.4) is 0 Å². The first kappa shape index (κ1) is 20.2. The van der Waals surface area contributed by atoms with Crippen LogP contribution in [0, 0.1) is 23.5 Å². The summed E-state index contributed by atoms with van der Waals surface area (Å²) in [7, 11) is 0. The van der Waals surface area contributed by atoms with E-state index in [0.717, 1.165) is 37.7 Å². The molecule has 5 heterocycles. The lowest BCUT2D eigenvalue weighted by molar-refractivity contribution is 0.0965. The van der Waals surface area contributed by atoms with Crippen LogP contribution in [0.1, 0.15) is 27.2 Å². The van der Waals surface area contributed by atoms with E-state index in [0.29, 0.717) is 35.1 Å². The average Bonchev–Trinajstić information content (AvgIpc) is 3.50. The van der Waals surface area contributed by atoms with Crippen molar-refractivity contribution < 1.29 is 18.3 Å². The second-order valence-electron chi connectivity index (χ2n) is 8.93. The fourth-order valence-corrected chi connectivity index (χ4v) is 5.13. The number of hydrogen-bond donors (Lipinski definition) is 1. The molecule has 3 aliphatic heterocycles. The number of carbonyl (C=O) groups is 1. The number of anilines is 1. The third-order valence-electron chi connectivity index (χ3n) is 6.81. The van der Waals surface area contributed by atoms with Gasteiger partial charge in [-0.15, -0.1) is 0 Å². The van der Waals surface area contributed by atoms with Crippen LogP contribution in [0.5, 0.6) is 0 Å². The Bertz CT molecular complexity index is 1220. The van der Waals surface area contributed by atoms with Crippen molar-refractivity contribution in [3.05, 3.63) is 76.6 Å². The van der Waals surface area contributed by atoms with E-state index in [2.05, 4.69) is 20.2 Å². The van der Waals surface area contributed by atoms with Gasteiger partial charge >= 0.3 is 0 Å². The Balaban J connectivity index is 1.31. The standard InChI is InChI=1S/C25H22F2N4O2/c26-18-2-1-3-19(27)24(18)20-7-15(23-21(30-20)9-29-25(23)32)6-14-4-5-22(28-8-14)31-10-16-12-33-13-17(16)11-31/h1-5,7-8,16-17H,6,9-13H2,(H,29,32)/t16-,17+. The Hall–Kier alpha value is -3.39. The number of nitrogens with zero attached hydrogens (tertiary/aromatic N) is 3. The molecule has 0 unspecified atom stereocenters. The third kappa shape index (κ3) is 3.54. The van der Waals surface area contributed by atoms with Crippen LogP contribution < -0.4 is 10.2 Å². The topological polar surface area (TPSA) is 67.4 Å². The van der Waals surface area contributed by atoms with Crippen molar-refractivity contribution in [2.75, 3.05) is 31.2 Å². The van der Waals surface area contributed by atoms with Gasteiger partial charge in [0.05, 0.1) is 42.3 Å². The van der Waals surface area contributed by atoms with Gasteiger partial charge in [-0.25, -0.2) is 18.7 Å². The number of carbonyl (C=O) groups excluding carboxylic acids is 1. The summed E-state index contributed by atoms with van der Waals surface area (Å²) in [5.41, 5.74) is 2.58. The lowest BCUT2D eigenvalue weighted by atomic mass is 9.97. The van der Waals surface area contributed by atoms with E-state index in [1.54, 1.807) is 6.07 Å². The van der Waals surface area contributed by atoms with Crippen LogP contribution in [-0.2, 0) is 17.7 Å². The predicted octanol–water partition coefficient (Wildman–Crippen LogP) is 3.34. The van der Waals surface area contributed by atoms with Crippen molar-refractivity contribution in [2.24, 2.45) is 11.8 Å². The maximum atomic E-state index is 14.4. The smallest absolute Gasteiger partial charge is 0.253 e. The molecule has 1 aromatic carbocycles. The molecule has 1 N–H and O–H groups in total. The van der Waals surface area contributed by atoms with Gasteiger partial charge in [0, 0.05) is 31.1 Å². The van der Waals surface area contributed by atoms with Gasteiger partial charge in [-0.3, -0.25) is 4.79 Å². The van der Waals surface area contributed by atoms with E-state index in [-0.39, 0.29) is 23.7 Å². The Labute approximate surface area is 189 Å². The highest BCUT2D eigenvalue weighted by Gasteiger charge is 2.37. The lowest BCUT2D eigenvalue weighted by Crippen LogP contribution is -2.23. The van der Waals surface area contributed by atoms with Crippen molar-refractivity contribution >= 4 is 11.7 Å². The third-order valence-corrected chi connectivity index (χ3v) is 6.81. The minimum Gasteiger partial charge on any atom is -0.381 e. The minimum atomic E-state index is -0.683. The molecule has 0 bridgehead atoms. The van der Waals surface area contributed by atoms with Crippen LogP contribution >= 0.6 is 0 Å². The van der Waals surface area contributed by atoms with Gasteiger partial charge in [0.1, 0.15) is 17.5 Å². The number of hydrogen-bond acceptors (Lipinski definition) is 5. The molecule has 2 saturated heterocycles. The largest absolute Gasteiger partial charge is 0.381 e. The number of halogens is 2. The molecule has 6 rings (SSSR count). The lowest BCUT2D eigenvalue weighted by Gasteiger charge is -2.18. The van der Waals surface area contributed by atoms with Crippen LogP contribution in [0.15, 0.2) is 42.6 Å². The molecule has 0 radical (unpaired) electrons. The van der Waals surface area contributed by atoms with Gasteiger partial charge in [0.2, 0.25) is 0 Å². The zero-order valence-electron chi connectivity index (χ0n) is 17.9. The summed E-state index contributed by atoms with van der Waals surface area (Å²) in [6.45, 7) is 3.78. The summed E-state index contributed by atoms with van der Waals surface area (Å²) in [5, 5.41) is 2.76. The van der Waals surface area contributed by atoms with Gasteiger partial charge in [0.15, 0.2) is 0 Å². The molecule has 168 valence electrons. The van der Waals surface area contributed by atoms with Gasteiger partial charge in [-0.05, 0) is 41.8 Å². The molecule has 0 spiro atoms. The molecule has 33 heavy (non-hydrogen) atoms. The summed E-state index contributed by atoms with van der Waals surface area (Å²) >= 11 is 0. The maximum absolute atomic E-state index is 14.4. The normalized spacial score (nSPS) is 21.3. The molecule has 0 aliphatic carbocycles. The first-order valence-corrected chi connectivity index (χ1v) is 11.1. The van der Waals surface area contributed by atoms with E-state index in [9.17, 15) is 13.6 Å². The first-order valence-electron chi connectivity index (χ1n) is 11.1.